The first-order valence-electron chi connectivity index (χ1n) is 10.5. The fourth-order valence-electron chi connectivity index (χ4n) is 4.07. The van der Waals surface area contributed by atoms with Crippen molar-refractivity contribution >= 4 is 32.4 Å². The topological polar surface area (TPSA) is 76.6 Å². The average molecular weight is 439 g/mol. The maximum absolute atomic E-state index is 13.6. The minimum Gasteiger partial charge on any atom is -0.466 e. The Hall–Kier alpha value is -2.93. The Balaban J connectivity index is 1.77. The van der Waals surface area contributed by atoms with Gasteiger partial charge >= 0.3 is 5.97 Å². The third-order valence-electron chi connectivity index (χ3n) is 5.77. The molecule has 7 heteroatoms. The zero-order chi connectivity index (χ0) is 22.0. The zero-order valence-electron chi connectivity index (χ0n) is 17.7. The van der Waals surface area contributed by atoms with E-state index in [2.05, 4.69) is 9.88 Å². The van der Waals surface area contributed by atoms with E-state index in [1.54, 1.807) is 31.2 Å². The van der Waals surface area contributed by atoms with Crippen LogP contribution in [0.15, 0.2) is 64.5 Å². The van der Waals surface area contributed by atoms with Gasteiger partial charge in [-0.1, -0.05) is 35.9 Å². The molecule has 0 amide bonds. The van der Waals surface area contributed by atoms with Gasteiger partial charge in [0, 0.05) is 24.7 Å². The van der Waals surface area contributed by atoms with Gasteiger partial charge in [-0.05, 0) is 44.9 Å². The van der Waals surface area contributed by atoms with Crippen molar-refractivity contribution in [1.82, 2.24) is 4.98 Å². The van der Waals surface area contributed by atoms with Crippen molar-refractivity contribution < 1.29 is 17.9 Å². The van der Waals surface area contributed by atoms with E-state index in [0.29, 0.717) is 38.2 Å². The molecule has 31 heavy (non-hydrogen) atoms. The van der Waals surface area contributed by atoms with Crippen LogP contribution in [0.3, 0.4) is 0 Å². The summed E-state index contributed by atoms with van der Waals surface area (Å²) in [6.07, 6.45) is 2.71. The lowest BCUT2D eigenvalue weighted by atomic mass is 9.96. The lowest BCUT2D eigenvalue weighted by molar-refractivity contribution is -0.148. The number of carbonyl (C=O) groups is 1. The molecule has 2 aromatic carbocycles. The molecule has 6 nitrogen and oxygen atoms in total. The number of aryl methyl sites for hydroxylation is 1. The summed E-state index contributed by atoms with van der Waals surface area (Å²) < 4.78 is 32.3. The van der Waals surface area contributed by atoms with Crippen molar-refractivity contribution in [3.05, 3.63) is 60.3 Å². The first-order chi connectivity index (χ1) is 14.9. The van der Waals surface area contributed by atoms with Crippen LogP contribution in [0.5, 0.6) is 0 Å². The molecule has 0 N–H and O–H groups in total. The number of carbonyl (C=O) groups excluding carboxylic acids is 1. The SMILES string of the molecule is CCOC(=O)C1CCN(c2c(S(=O)(=O)c3ccc(C)cc3)cnc3ccccc23)CC1. The van der Waals surface area contributed by atoms with E-state index >= 15 is 0 Å². The Kier molecular flexibility index (Phi) is 5.96. The van der Waals surface area contributed by atoms with E-state index in [0.717, 1.165) is 16.5 Å². The molecule has 162 valence electrons. The number of hydrogen-bond acceptors (Lipinski definition) is 6. The second-order valence-electron chi connectivity index (χ2n) is 7.82. The zero-order valence-corrected chi connectivity index (χ0v) is 18.6. The molecule has 1 fully saturated rings. The number of rotatable bonds is 5. The number of aromatic nitrogens is 1. The first kappa shape index (κ1) is 21.3. The van der Waals surface area contributed by atoms with Gasteiger partial charge < -0.3 is 9.64 Å². The van der Waals surface area contributed by atoms with Gasteiger partial charge in [-0.25, -0.2) is 8.42 Å². The summed E-state index contributed by atoms with van der Waals surface area (Å²) in [7, 11) is -3.76. The molecular weight excluding hydrogens is 412 g/mol. The number of ether oxygens (including phenoxy) is 1. The highest BCUT2D eigenvalue weighted by molar-refractivity contribution is 7.91. The minimum atomic E-state index is -3.76. The summed E-state index contributed by atoms with van der Waals surface area (Å²) in [5.41, 5.74) is 2.40. The van der Waals surface area contributed by atoms with E-state index in [-0.39, 0.29) is 21.7 Å². The lowest BCUT2D eigenvalue weighted by Gasteiger charge is -2.34. The van der Waals surface area contributed by atoms with Crippen LogP contribution in [0, 0.1) is 12.8 Å². The monoisotopic (exact) mass is 438 g/mol. The third kappa shape index (κ3) is 4.14. The molecular formula is C24H26N2O4S. The Labute approximate surface area is 182 Å². The Bertz CT molecular complexity index is 1200. The van der Waals surface area contributed by atoms with E-state index in [1.807, 2.05) is 31.2 Å². The average Bonchev–Trinajstić information content (AvgIpc) is 2.79. The molecule has 1 saturated heterocycles. The van der Waals surface area contributed by atoms with Crippen molar-refractivity contribution in [3.63, 3.8) is 0 Å². The van der Waals surface area contributed by atoms with E-state index in [4.69, 9.17) is 4.74 Å². The van der Waals surface area contributed by atoms with Crippen molar-refractivity contribution in [2.75, 3.05) is 24.6 Å². The number of hydrogen-bond donors (Lipinski definition) is 0. The molecule has 2 heterocycles. The van der Waals surface area contributed by atoms with Crippen molar-refractivity contribution in [1.29, 1.82) is 0 Å². The van der Waals surface area contributed by atoms with Crippen LogP contribution in [0.1, 0.15) is 25.3 Å². The Morgan fingerprint density at radius 2 is 1.77 bits per heavy atom. The van der Waals surface area contributed by atoms with Gasteiger partial charge in [-0.2, -0.15) is 0 Å². The van der Waals surface area contributed by atoms with Gasteiger partial charge in [0.05, 0.1) is 28.6 Å². The summed E-state index contributed by atoms with van der Waals surface area (Å²) in [4.78, 5) is 19.1. The van der Waals surface area contributed by atoms with Crippen LogP contribution in [0.25, 0.3) is 10.9 Å². The number of anilines is 1. The normalized spacial score (nSPS) is 15.2. The summed E-state index contributed by atoms with van der Waals surface area (Å²) in [5, 5.41) is 0.797. The first-order valence-corrected chi connectivity index (χ1v) is 12.0. The molecule has 0 radical (unpaired) electrons. The van der Waals surface area contributed by atoms with Crippen LogP contribution < -0.4 is 4.90 Å². The molecule has 4 rings (SSSR count). The van der Waals surface area contributed by atoms with Crippen LogP contribution in [-0.2, 0) is 19.4 Å². The number of fused-ring (bicyclic) bond motifs is 1. The highest BCUT2D eigenvalue weighted by atomic mass is 32.2. The predicted molar refractivity (Wildman–Crippen MR) is 120 cm³/mol. The third-order valence-corrected chi connectivity index (χ3v) is 7.54. The number of piperidine rings is 1. The molecule has 0 unspecified atom stereocenters. The Morgan fingerprint density at radius 3 is 2.45 bits per heavy atom. The molecule has 0 saturated carbocycles. The molecule has 3 aromatic rings. The van der Waals surface area contributed by atoms with Crippen LogP contribution in [0.2, 0.25) is 0 Å². The summed E-state index contributed by atoms with van der Waals surface area (Å²) >= 11 is 0. The highest BCUT2D eigenvalue weighted by Crippen LogP contribution is 2.37. The van der Waals surface area contributed by atoms with Crippen LogP contribution in [0.4, 0.5) is 5.69 Å². The van der Waals surface area contributed by atoms with E-state index in [1.165, 1.54) is 6.20 Å². The lowest BCUT2D eigenvalue weighted by Crippen LogP contribution is -2.37. The Morgan fingerprint density at radius 1 is 1.10 bits per heavy atom. The predicted octanol–water partition coefficient (Wildman–Crippen LogP) is 4.16. The second kappa shape index (κ2) is 8.67. The maximum Gasteiger partial charge on any atom is 0.309 e. The summed E-state index contributed by atoms with van der Waals surface area (Å²) in [6.45, 7) is 5.25. The molecule has 0 aliphatic carbocycles. The molecule has 0 atom stereocenters. The minimum absolute atomic E-state index is 0.151. The largest absolute Gasteiger partial charge is 0.466 e. The number of para-hydroxylation sites is 1. The van der Waals surface area contributed by atoms with Gasteiger partial charge in [-0.15, -0.1) is 0 Å². The van der Waals surface area contributed by atoms with Crippen LogP contribution >= 0.6 is 0 Å². The van der Waals surface area contributed by atoms with E-state index in [9.17, 15) is 13.2 Å². The van der Waals surface area contributed by atoms with Gasteiger partial charge in [0.15, 0.2) is 0 Å². The quantitative estimate of drug-likeness (QED) is 0.557. The molecule has 0 spiro atoms. The summed E-state index contributed by atoms with van der Waals surface area (Å²) in [5.74, 6) is -0.323. The smallest absolute Gasteiger partial charge is 0.309 e. The van der Waals surface area contributed by atoms with Gasteiger partial charge in [0.25, 0.3) is 0 Å². The number of esters is 1. The van der Waals surface area contributed by atoms with Crippen molar-refractivity contribution in [2.24, 2.45) is 5.92 Å². The molecule has 1 aliphatic heterocycles. The van der Waals surface area contributed by atoms with Gasteiger partial charge in [0.2, 0.25) is 9.84 Å². The number of nitrogens with zero attached hydrogens (tertiary/aromatic N) is 2. The molecule has 1 aromatic heterocycles. The van der Waals surface area contributed by atoms with Gasteiger partial charge in [0.1, 0.15) is 4.90 Å². The standard InChI is InChI=1S/C24H26N2O4S/c1-3-30-24(27)18-12-14-26(15-13-18)23-20-6-4-5-7-21(20)25-16-22(23)31(28,29)19-10-8-17(2)9-11-19/h4-11,16,18H,3,12-15H2,1-2H3. The number of pyridine rings is 1. The summed E-state index contributed by atoms with van der Waals surface area (Å²) in [6, 6.07) is 14.4. The maximum atomic E-state index is 13.6. The van der Waals surface area contributed by atoms with Crippen molar-refractivity contribution in [3.8, 4) is 0 Å². The fraction of sp³-hybridized carbons (Fsp3) is 0.333. The highest BCUT2D eigenvalue weighted by Gasteiger charge is 2.31. The number of sulfone groups is 1. The molecule has 1 aliphatic rings. The van der Waals surface area contributed by atoms with Gasteiger partial charge in [-0.3, -0.25) is 9.78 Å². The second-order valence-corrected chi connectivity index (χ2v) is 9.74. The van der Waals surface area contributed by atoms with Crippen molar-refractivity contribution in [2.45, 2.75) is 36.5 Å². The fourth-order valence-corrected chi connectivity index (χ4v) is 5.51. The van der Waals surface area contributed by atoms with Crippen LogP contribution in [-0.4, -0.2) is 39.1 Å². The van der Waals surface area contributed by atoms with E-state index < -0.39 is 9.84 Å². The molecule has 0 bridgehead atoms. The number of benzene rings is 2.